The molecule has 4 aromatic rings. The number of methoxy groups -OCH3 is 1. The van der Waals surface area contributed by atoms with E-state index in [0.29, 0.717) is 11.3 Å². The third-order valence-electron chi connectivity index (χ3n) is 4.30. The number of nitrogens with zero attached hydrogens (tertiary/aromatic N) is 2. The molecule has 6 heteroatoms. The molecule has 0 fully saturated rings. The van der Waals surface area contributed by atoms with Crippen LogP contribution >= 0.6 is 0 Å². The van der Waals surface area contributed by atoms with Crippen molar-refractivity contribution in [2.75, 3.05) is 7.11 Å². The van der Waals surface area contributed by atoms with Crippen molar-refractivity contribution in [3.05, 3.63) is 83.9 Å². The Kier molecular flexibility index (Phi) is 4.84. The van der Waals surface area contributed by atoms with E-state index in [1.165, 1.54) is 0 Å². The summed E-state index contributed by atoms with van der Waals surface area (Å²) in [6.07, 6.45) is 1.55. The number of benzene rings is 3. The Morgan fingerprint density at radius 3 is 2.68 bits per heavy atom. The minimum atomic E-state index is -0.302. The largest absolute Gasteiger partial charge is 0.496 e. The second kappa shape index (κ2) is 7.75. The highest BCUT2D eigenvalue weighted by molar-refractivity contribution is 5.98. The third kappa shape index (κ3) is 3.61. The van der Waals surface area contributed by atoms with Crippen molar-refractivity contribution in [2.45, 2.75) is 0 Å². The van der Waals surface area contributed by atoms with Gasteiger partial charge in [-0.25, -0.2) is 10.4 Å². The Morgan fingerprint density at radius 2 is 1.86 bits per heavy atom. The van der Waals surface area contributed by atoms with Crippen molar-refractivity contribution in [2.24, 2.45) is 5.10 Å². The average Bonchev–Trinajstić information content (AvgIpc) is 3.18. The Morgan fingerprint density at radius 1 is 1.07 bits per heavy atom. The van der Waals surface area contributed by atoms with E-state index in [4.69, 9.17) is 4.74 Å². The number of rotatable bonds is 5. The van der Waals surface area contributed by atoms with Crippen molar-refractivity contribution in [3.8, 4) is 17.1 Å². The van der Waals surface area contributed by atoms with E-state index in [-0.39, 0.29) is 5.91 Å². The predicted molar refractivity (Wildman–Crippen MR) is 110 cm³/mol. The number of H-pyrrole nitrogens is 1. The van der Waals surface area contributed by atoms with Crippen LogP contribution in [0.5, 0.6) is 5.75 Å². The molecular weight excluding hydrogens is 352 g/mol. The number of ether oxygens (including phenoxy) is 1. The van der Waals surface area contributed by atoms with Crippen LogP contribution in [0, 0.1) is 0 Å². The number of amides is 1. The monoisotopic (exact) mass is 370 g/mol. The zero-order valence-corrected chi connectivity index (χ0v) is 15.2. The highest BCUT2D eigenvalue weighted by Crippen LogP contribution is 2.21. The number of aromatic nitrogens is 2. The summed E-state index contributed by atoms with van der Waals surface area (Å²) in [5.74, 6) is 1.15. The lowest BCUT2D eigenvalue weighted by atomic mass is 10.2. The lowest BCUT2D eigenvalue weighted by Crippen LogP contribution is -2.17. The molecular formula is C22H18N4O2. The zero-order chi connectivity index (χ0) is 19.3. The number of aromatic amines is 1. The molecule has 4 rings (SSSR count). The number of hydrogen-bond acceptors (Lipinski definition) is 4. The van der Waals surface area contributed by atoms with Gasteiger partial charge >= 0.3 is 0 Å². The van der Waals surface area contributed by atoms with Crippen LogP contribution in [-0.4, -0.2) is 29.2 Å². The summed E-state index contributed by atoms with van der Waals surface area (Å²) in [6, 6.07) is 22.6. The van der Waals surface area contributed by atoms with Gasteiger partial charge in [0.25, 0.3) is 5.91 Å². The smallest absolute Gasteiger partial charge is 0.271 e. The van der Waals surface area contributed by atoms with Crippen LogP contribution in [0.4, 0.5) is 0 Å². The number of imidazole rings is 1. The lowest BCUT2D eigenvalue weighted by molar-refractivity contribution is 0.0955. The highest BCUT2D eigenvalue weighted by Gasteiger charge is 2.09. The molecule has 1 heterocycles. The number of nitrogens with one attached hydrogen (secondary N) is 2. The van der Waals surface area contributed by atoms with E-state index >= 15 is 0 Å². The van der Waals surface area contributed by atoms with Crippen LogP contribution in [0.1, 0.15) is 15.9 Å². The summed E-state index contributed by atoms with van der Waals surface area (Å²) in [5, 5.41) is 4.03. The van der Waals surface area contributed by atoms with Gasteiger partial charge in [-0.1, -0.05) is 42.5 Å². The molecule has 0 saturated carbocycles. The highest BCUT2D eigenvalue weighted by atomic mass is 16.5. The van der Waals surface area contributed by atoms with Gasteiger partial charge in [0.15, 0.2) is 0 Å². The fraction of sp³-hybridized carbons (Fsp3) is 0.0455. The molecule has 0 unspecified atom stereocenters. The number of hydrazone groups is 1. The summed E-state index contributed by atoms with van der Waals surface area (Å²) >= 11 is 0. The Balaban J connectivity index is 1.52. The predicted octanol–water partition coefficient (Wildman–Crippen LogP) is 4.00. The van der Waals surface area contributed by atoms with Crippen LogP contribution in [0.25, 0.3) is 22.4 Å². The lowest BCUT2D eigenvalue weighted by Gasteiger charge is -2.03. The molecule has 1 amide bonds. The van der Waals surface area contributed by atoms with Gasteiger partial charge in [0.1, 0.15) is 11.6 Å². The van der Waals surface area contributed by atoms with E-state index in [0.717, 1.165) is 28.0 Å². The summed E-state index contributed by atoms with van der Waals surface area (Å²) < 4.78 is 5.26. The maximum atomic E-state index is 12.4. The molecule has 0 aliphatic rings. The van der Waals surface area contributed by atoms with E-state index in [1.807, 2.05) is 60.7 Å². The molecule has 6 nitrogen and oxygen atoms in total. The second-order valence-corrected chi connectivity index (χ2v) is 6.12. The van der Waals surface area contributed by atoms with Gasteiger partial charge in [0, 0.05) is 16.7 Å². The molecule has 0 aliphatic carbocycles. The molecule has 3 aromatic carbocycles. The summed E-state index contributed by atoms with van der Waals surface area (Å²) in [7, 11) is 1.59. The number of para-hydroxylation sites is 1. The van der Waals surface area contributed by atoms with Crippen molar-refractivity contribution >= 4 is 23.2 Å². The van der Waals surface area contributed by atoms with Gasteiger partial charge in [0.2, 0.25) is 0 Å². The second-order valence-electron chi connectivity index (χ2n) is 6.12. The maximum Gasteiger partial charge on any atom is 0.271 e. The molecule has 138 valence electrons. The Labute approximate surface area is 161 Å². The minimum Gasteiger partial charge on any atom is -0.496 e. The molecule has 0 radical (unpaired) electrons. The first-order valence-corrected chi connectivity index (χ1v) is 8.76. The maximum absolute atomic E-state index is 12.4. The fourth-order valence-electron chi connectivity index (χ4n) is 2.88. The van der Waals surface area contributed by atoms with E-state index in [2.05, 4.69) is 20.5 Å². The van der Waals surface area contributed by atoms with Gasteiger partial charge in [-0.05, 0) is 30.3 Å². The summed E-state index contributed by atoms with van der Waals surface area (Å²) in [6.45, 7) is 0. The molecule has 0 aliphatic heterocycles. The molecule has 0 spiro atoms. The normalized spacial score (nSPS) is 11.0. The first-order valence-electron chi connectivity index (χ1n) is 8.76. The van der Waals surface area contributed by atoms with Crippen LogP contribution < -0.4 is 10.2 Å². The van der Waals surface area contributed by atoms with Crippen LogP contribution in [-0.2, 0) is 0 Å². The van der Waals surface area contributed by atoms with Gasteiger partial charge in [0.05, 0.1) is 24.4 Å². The van der Waals surface area contributed by atoms with Crippen LogP contribution in [0.2, 0.25) is 0 Å². The number of hydrogen-bond donors (Lipinski definition) is 2. The summed E-state index contributed by atoms with van der Waals surface area (Å²) in [5.41, 5.74) is 6.40. The Hall–Kier alpha value is -3.93. The van der Waals surface area contributed by atoms with Crippen LogP contribution in [0.15, 0.2) is 77.9 Å². The topological polar surface area (TPSA) is 79.4 Å². The van der Waals surface area contributed by atoms with Crippen molar-refractivity contribution in [3.63, 3.8) is 0 Å². The summed E-state index contributed by atoms with van der Waals surface area (Å²) in [4.78, 5) is 20.3. The molecule has 2 N–H and O–H groups in total. The van der Waals surface area contributed by atoms with E-state index in [1.54, 1.807) is 25.5 Å². The van der Waals surface area contributed by atoms with E-state index in [9.17, 15) is 4.79 Å². The minimum absolute atomic E-state index is 0.302. The number of fused-ring (bicyclic) bond motifs is 1. The first-order chi connectivity index (χ1) is 13.7. The van der Waals surface area contributed by atoms with E-state index < -0.39 is 0 Å². The zero-order valence-electron chi connectivity index (χ0n) is 15.2. The van der Waals surface area contributed by atoms with Gasteiger partial charge < -0.3 is 9.72 Å². The van der Waals surface area contributed by atoms with Crippen molar-refractivity contribution in [1.82, 2.24) is 15.4 Å². The van der Waals surface area contributed by atoms with Crippen LogP contribution in [0.3, 0.4) is 0 Å². The number of carbonyl (C=O) groups is 1. The van der Waals surface area contributed by atoms with Gasteiger partial charge in [-0.15, -0.1) is 0 Å². The average molecular weight is 370 g/mol. The fourth-order valence-corrected chi connectivity index (χ4v) is 2.88. The molecule has 28 heavy (non-hydrogen) atoms. The quantitative estimate of drug-likeness (QED) is 0.412. The van der Waals surface area contributed by atoms with Crippen molar-refractivity contribution in [1.29, 1.82) is 0 Å². The third-order valence-corrected chi connectivity index (χ3v) is 4.30. The standard InChI is InChI=1S/C22H18N4O2/c1-28-20-10-6-5-9-17(20)14-23-26-22(27)16-11-12-18-19(13-16)25-21(24-18)15-7-3-2-4-8-15/h2-14H,1H3,(H,24,25)(H,26,27)/b23-14+. The molecule has 1 aromatic heterocycles. The first kappa shape index (κ1) is 17.5. The molecule has 0 bridgehead atoms. The molecule has 0 saturated heterocycles. The SMILES string of the molecule is COc1ccccc1/C=N/NC(=O)c1ccc2nc(-c3ccccc3)[nH]c2c1. The molecule has 0 atom stereocenters. The number of carbonyl (C=O) groups excluding carboxylic acids is 1. The van der Waals surface area contributed by atoms with Crippen molar-refractivity contribution < 1.29 is 9.53 Å². The Bertz CT molecular complexity index is 1150. The van der Waals surface area contributed by atoms with Gasteiger partial charge in [-0.2, -0.15) is 5.10 Å². The van der Waals surface area contributed by atoms with Gasteiger partial charge in [-0.3, -0.25) is 4.79 Å².